The monoisotopic (exact) mass is 275 g/mol. The average molecular weight is 275 g/mol. The molecule has 0 saturated carbocycles. The lowest BCUT2D eigenvalue weighted by molar-refractivity contribution is -0.0895. The molecule has 2 fully saturated rings. The van der Waals surface area contributed by atoms with Crippen molar-refractivity contribution in [2.24, 2.45) is 0 Å². The Morgan fingerprint density at radius 3 is 1.90 bits per heavy atom. The van der Waals surface area contributed by atoms with Crippen LogP contribution in [0.25, 0.3) is 0 Å². The van der Waals surface area contributed by atoms with E-state index >= 15 is 0 Å². The second-order valence-corrected chi connectivity index (χ2v) is 6.87. The van der Waals surface area contributed by atoms with Crippen molar-refractivity contribution >= 4 is 5.69 Å². The molecule has 0 spiro atoms. The third kappa shape index (κ3) is 2.33. The van der Waals surface area contributed by atoms with Crippen LogP contribution in [0, 0.1) is 0 Å². The van der Waals surface area contributed by atoms with Gasteiger partial charge in [-0.1, -0.05) is 12.1 Å². The Kier molecular flexibility index (Phi) is 3.30. The van der Waals surface area contributed by atoms with Crippen molar-refractivity contribution < 1.29 is 9.47 Å². The first-order valence-electron chi connectivity index (χ1n) is 7.60. The van der Waals surface area contributed by atoms with Gasteiger partial charge in [-0.15, -0.1) is 0 Å². The largest absolute Gasteiger partial charge is 0.372 e. The van der Waals surface area contributed by atoms with E-state index in [9.17, 15) is 0 Å². The lowest BCUT2D eigenvalue weighted by atomic mass is 9.90. The Bertz CT molecular complexity index is 456. The summed E-state index contributed by atoms with van der Waals surface area (Å²) in [4.78, 5) is 2.44. The zero-order valence-electron chi connectivity index (χ0n) is 13.0. The van der Waals surface area contributed by atoms with E-state index in [1.165, 1.54) is 31.6 Å². The lowest BCUT2D eigenvalue weighted by Crippen LogP contribution is -2.41. The van der Waals surface area contributed by atoms with Crippen molar-refractivity contribution in [3.8, 4) is 0 Å². The van der Waals surface area contributed by atoms with Gasteiger partial charge in [0, 0.05) is 24.3 Å². The lowest BCUT2D eigenvalue weighted by Gasteiger charge is -2.30. The van der Waals surface area contributed by atoms with Crippen LogP contribution in [0.3, 0.4) is 0 Å². The molecule has 0 aliphatic carbocycles. The minimum Gasteiger partial charge on any atom is -0.372 e. The van der Waals surface area contributed by atoms with Crippen LogP contribution in [-0.4, -0.2) is 24.3 Å². The molecule has 3 nitrogen and oxygen atoms in total. The highest BCUT2D eigenvalue weighted by atomic mass is 16.7. The first-order chi connectivity index (χ1) is 9.39. The second-order valence-electron chi connectivity index (χ2n) is 6.87. The highest BCUT2D eigenvalue weighted by Crippen LogP contribution is 2.44. The van der Waals surface area contributed by atoms with Crippen molar-refractivity contribution in [2.75, 3.05) is 18.0 Å². The maximum absolute atomic E-state index is 6.08. The van der Waals surface area contributed by atoms with Gasteiger partial charge >= 0.3 is 0 Å². The van der Waals surface area contributed by atoms with Crippen molar-refractivity contribution in [3.05, 3.63) is 29.8 Å². The number of anilines is 1. The van der Waals surface area contributed by atoms with Gasteiger partial charge in [-0.2, -0.15) is 0 Å². The van der Waals surface area contributed by atoms with Gasteiger partial charge in [0.25, 0.3) is 0 Å². The zero-order chi connectivity index (χ0) is 14.4. The highest BCUT2D eigenvalue weighted by molar-refractivity contribution is 5.48. The molecule has 2 heterocycles. The predicted molar refractivity (Wildman–Crippen MR) is 81.0 cm³/mol. The Balaban J connectivity index is 1.75. The summed E-state index contributed by atoms with van der Waals surface area (Å²) in [5.41, 5.74) is 1.87. The molecule has 0 aromatic heterocycles. The Labute approximate surface area is 121 Å². The first kappa shape index (κ1) is 13.9. The van der Waals surface area contributed by atoms with Gasteiger partial charge in [0.1, 0.15) is 0 Å². The Morgan fingerprint density at radius 1 is 0.900 bits per heavy atom. The minimum absolute atomic E-state index is 0.257. The molecule has 3 rings (SSSR count). The molecule has 110 valence electrons. The van der Waals surface area contributed by atoms with Crippen LogP contribution in [0.5, 0.6) is 0 Å². The van der Waals surface area contributed by atoms with Gasteiger partial charge in [-0.3, -0.25) is 0 Å². The summed E-state index contributed by atoms with van der Waals surface area (Å²) in [6, 6.07) is 8.64. The van der Waals surface area contributed by atoms with E-state index in [0.29, 0.717) is 0 Å². The third-order valence-electron chi connectivity index (χ3n) is 4.89. The topological polar surface area (TPSA) is 21.7 Å². The number of hydrogen-bond donors (Lipinski definition) is 0. The minimum atomic E-state index is -0.273. The fourth-order valence-electron chi connectivity index (χ4n) is 2.80. The summed E-state index contributed by atoms with van der Waals surface area (Å²) in [5, 5.41) is 0. The fraction of sp³-hybridized carbons (Fsp3) is 0.647. The smallest absolute Gasteiger partial charge is 0.185 e. The van der Waals surface area contributed by atoms with Crippen LogP contribution >= 0.6 is 0 Å². The Morgan fingerprint density at radius 2 is 1.40 bits per heavy atom. The summed E-state index contributed by atoms with van der Waals surface area (Å²) < 4.78 is 12.2. The van der Waals surface area contributed by atoms with Crippen LogP contribution in [0.15, 0.2) is 24.3 Å². The molecule has 2 aliphatic heterocycles. The third-order valence-corrected chi connectivity index (χ3v) is 4.89. The van der Waals surface area contributed by atoms with Gasteiger partial charge < -0.3 is 14.4 Å². The molecule has 1 aromatic carbocycles. The van der Waals surface area contributed by atoms with Crippen LogP contribution in [0.2, 0.25) is 0 Å². The molecule has 0 radical (unpaired) electrons. The standard InChI is InChI=1S/C17H25NO2/c1-16(2)17(3,4)20-15(19-16)13-7-9-14(10-8-13)18-11-5-6-12-18/h7-10,15H,5-6,11-12H2,1-4H3. The van der Waals surface area contributed by atoms with Gasteiger partial charge in [0.2, 0.25) is 0 Å². The molecule has 0 amide bonds. The molecule has 0 N–H and O–H groups in total. The molecular weight excluding hydrogens is 250 g/mol. The van der Waals surface area contributed by atoms with Crippen LogP contribution in [-0.2, 0) is 9.47 Å². The van der Waals surface area contributed by atoms with E-state index in [-0.39, 0.29) is 17.5 Å². The van der Waals surface area contributed by atoms with Crippen molar-refractivity contribution in [1.82, 2.24) is 0 Å². The second kappa shape index (κ2) is 4.74. The number of nitrogens with zero attached hydrogens (tertiary/aromatic N) is 1. The van der Waals surface area contributed by atoms with E-state index in [2.05, 4.69) is 56.9 Å². The van der Waals surface area contributed by atoms with E-state index in [0.717, 1.165) is 5.56 Å². The van der Waals surface area contributed by atoms with E-state index < -0.39 is 0 Å². The Hall–Kier alpha value is -1.06. The number of ether oxygens (including phenoxy) is 2. The maximum atomic E-state index is 6.08. The van der Waals surface area contributed by atoms with Crippen molar-refractivity contribution in [1.29, 1.82) is 0 Å². The first-order valence-corrected chi connectivity index (χ1v) is 7.60. The predicted octanol–water partition coefficient (Wildman–Crippen LogP) is 3.89. The van der Waals surface area contributed by atoms with E-state index in [4.69, 9.17) is 9.47 Å². The molecule has 0 unspecified atom stereocenters. The van der Waals surface area contributed by atoms with Gasteiger partial charge in [-0.25, -0.2) is 0 Å². The molecular formula is C17H25NO2. The number of hydrogen-bond acceptors (Lipinski definition) is 3. The number of benzene rings is 1. The molecule has 0 bridgehead atoms. The number of rotatable bonds is 2. The van der Waals surface area contributed by atoms with Crippen molar-refractivity contribution in [3.63, 3.8) is 0 Å². The van der Waals surface area contributed by atoms with Gasteiger partial charge in [-0.05, 0) is 52.7 Å². The highest BCUT2D eigenvalue weighted by Gasteiger charge is 2.49. The summed E-state index contributed by atoms with van der Waals surface area (Å²) in [5.74, 6) is 0. The van der Waals surface area contributed by atoms with E-state index in [1.54, 1.807) is 0 Å². The fourth-order valence-corrected chi connectivity index (χ4v) is 2.80. The van der Waals surface area contributed by atoms with Crippen LogP contribution < -0.4 is 4.90 Å². The summed E-state index contributed by atoms with van der Waals surface area (Å²) in [7, 11) is 0. The SMILES string of the molecule is CC1(C)OC(c2ccc(N3CCCC3)cc2)OC1(C)C. The summed E-state index contributed by atoms with van der Waals surface area (Å²) in [6.07, 6.45) is 2.35. The summed E-state index contributed by atoms with van der Waals surface area (Å²) in [6.45, 7) is 10.7. The maximum Gasteiger partial charge on any atom is 0.185 e. The molecule has 1 aromatic rings. The van der Waals surface area contributed by atoms with Crippen molar-refractivity contribution in [2.45, 2.75) is 58.0 Å². The molecule has 3 heteroatoms. The molecule has 20 heavy (non-hydrogen) atoms. The molecule has 2 aliphatic rings. The van der Waals surface area contributed by atoms with Gasteiger partial charge in [0.05, 0.1) is 11.2 Å². The average Bonchev–Trinajstić information content (AvgIpc) is 2.97. The van der Waals surface area contributed by atoms with Gasteiger partial charge in [0.15, 0.2) is 6.29 Å². The van der Waals surface area contributed by atoms with E-state index in [1.807, 2.05) is 0 Å². The van der Waals surface area contributed by atoms with Crippen LogP contribution in [0.1, 0.15) is 52.4 Å². The molecule has 0 atom stereocenters. The quantitative estimate of drug-likeness (QED) is 0.817. The molecule has 2 saturated heterocycles. The van der Waals surface area contributed by atoms with Crippen LogP contribution in [0.4, 0.5) is 5.69 Å². The normalized spacial score (nSPS) is 25.3. The zero-order valence-corrected chi connectivity index (χ0v) is 13.0. The summed E-state index contributed by atoms with van der Waals surface area (Å²) >= 11 is 0.